The van der Waals surface area contributed by atoms with E-state index in [9.17, 15) is 9.59 Å². The van der Waals surface area contributed by atoms with Gasteiger partial charge in [-0.2, -0.15) is 0 Å². The Morgan fingerprint density at radius 3 is 2.60 bits per heavy atom. The van der Waals surface area contributed by atoms with Gasteiger partial charge in [-0.15, -0.1) is 0 Å². The molecule has 0 radical (unpaired) electrons. The molecular weight excluding hydrogens is 316 g/mol. The van der Waals surface area contributed by atoms with Crippen molar-refractivity contribution in [3.05, 3.63) is 35.9 Å². The third-order valence-corrected chi connectivity index (χ3v) is 4.83. The summed E-state index contributed by atoms with van der Waals surface area (Å²) in [6.45, 7) is 0.798. The fourth-order valence-electron chi connectivity index (χ4n) is 3.18. The number of carbonyl (C=O) groups is 2. The first-order chi connectivity index (χ1) is 12.2. The number of ether oxygens (including phenoxy) is 1. The van der Waals surface area contributed by atoms with Gasteiger partial charge in [0.05, 0.1) is 6.10 Å². The highest BCUT2D eigenvalue weighted by Gasteiger charge is 2.28. The predicted molar refractivity (Wildman–Crippen MR) is 96.1 cm³/mol. The molecule has 2 N–H and O–H groups in total. The molecule has 1 saturated heterocycles. The van der Waals surface area contributed by atoms with Crippen LogP contribution in [0.15, 0.2) is 30.3 Å². The third kappa shape index (κ3) is 6.16. The molecule has 1 saturated carbocycles. The van der Waals surface area contributed by atoms with Gasteiger partial charge < -0.3 is 15.4 Å². The van der Waals surface area contributed by atoms with E-state index in [1.54, 1.807) is 0 Å². The standard InChI is InChI=1S/C20H28N2O3/c23-19(12-11-17-8-4-5-13-25-17)22-18(20(24)21-16-9-10-16)14-15-6-2-1-3-7-15/h1-3,6-7,16-18H,4-5,8-14H2,(H,21,24)(H,22,23)/t17-,18+/m1/s1. The van der Waals surface area contributed by atoms with Crippen LogP contribution >= 0.6 is 0 Å². The quantitative estimate of drug-likeness (QED) is 0.761. The molecule has 136 valence electrons. The molecule has 0 aromatic heterocycles. The van der Waals surface area contributed by atoms with E-state index < -0.39 is 6.04 Å². The first-order valence-corrected chi connectivity index (χ1v) is 9.46. The topological polar surface area (TPSA) is 67.4 Å². The number of carbonyl (C=O) groups excluding carboxylic acids is 2. The maximum atomic E-state index is 12.5. The molecule has 0 spiro atoms. The van der Waals surface area contributed by atoms with Gasteiger partial charge in [-0.1, -0.05) is 30.3 Å². The maximum absolute atomic E-state index is 12.5. The lowest BCUT2D eigenvalue weighted by atomic mass is 10.0. The van der Waals surface area contributed by atoms with Crippen LogP contribution in [0.25, 0.3) is 0 Å². The number of benzene rings is 1. The molecule has 3 rings (SSSR count). The number of nitrogens with one attached hydrogen (secondary N) is 2. The first-order valence-electron chi connectivity index (χ1n) is 9.46. The van der Waals surface area contributed by atoms with E-state index >= 15 is 0 Å². The Kier molecular flexibility index (Phi) is 6.45. The molecule has 5 nitrogen and oxygen atoms in total. The Hall–Kier alpha value is -1.88. The van der Waals surface area contributed by atoms with Gasteiger partial charge >= 0.3 is 0 Å². The summed E-state index contributed by atoms with van der Waals surface area (Å²) in [5, 5.41) is 5.94. The normalized spacial score (nSPS) is 21.4. The van der Waals surface area contributed by atoms with Crippen molar-refractivity contribution in [2.45, 2.75) is 69.6 Å². The Balaban J connectivity index is 1.52. The minimum absolute atomic E-state index is 0.0685. The Morgan fingerprint density at radius 2 is 1.92 bits per heavy atom. The summed E-state index contributed by atoms with van der Waals surface area (Å²) in [5.74, 6) is -0.144. The van der Waals surface area contributed by atoms with Crippen LogP contribution in [-0.4, -0.2) is 36.6 Å². The number of hydrogen-bond acceptors (Lipinski definition) is 3. The highest BCUT2D eigenvalue weighted by atomic mass is 16.5. The Labute approximate surface area is 149 Å². The molecule has 25 heavy (non-hydrogen) atoms. The summed E-state index contributed by atoms with van der Waals surface area (Å²) < 4.78 is 5.68. The van der Waals surface area contributed by atoms with E-state index in [0.29, 0.717) is 18.9 Å². The molecule has 1 aromatic carbocycles. The summed E-state index contributed by atoms with van der Waals surface area (Å²) in [6, 6.07) is 9.60. The van der Waals surface area contributed by atoms with Gasteiger partial charge in [0.1, 0.15) is 6.04 Å². The molecule has 1 aliphatic heterocycles. The zero-order chi connectivity index (χ0) is 17.5. The van der Waals surface area contributed by atoms with Crippen LogP contribution in [0.2, 0.25) is 0 Å². The number of rotatable bonds is 8. The lowest BCUT2D eigenvalue weighted by Crippen LogP contribution is -2.48. The lowest BCUT2D eigenvalue weighted by Gasteiger charge is -2.23. The molecule has 2 atom stereocenters. The van der Waals surface area contributed by atoms with Crippen LogP contribution in [0.1, 0.15) is 50.5 Å². The van der Waals surface area contributed by atoms with E-state index in [1.807, 2.05) is 30.3 Å². The summed E-state index contributed by atoms with van der Waals surface area (Å²) in [5.41, 5.74) is 1.05. The second-order valence-corrected chi connectivity index (χ2v) is 7.12. The second kappa shape index (κ2) is 8.99. The van der Waals surface area contributed by atoms with E-state index in [4.69, 9.17) is 4.74 Å². The minimum Gasteiger partial charge on any atom is -0.378 e. The minimum atomic E-state index is -0.511. The van der Waals surface area contributed by atoms with Crippen molar-refractivity contribution in [3.63, 3.8) is 0 Å². The largest absolute Gasteiger partial charge is 0.378 e. The molecule has 1 aliphatic carbocycles. The van der Waals surface area contributed by atoms with Crippen molar-refractivity contribution in [1.82, 2.24) is 10.6 Å². The van der Waals surface area contributed by atoms with E-state index in [-0.39, 0.29) is 17.9 Å². The second-order valence-electron chi connectivity index (χ2n) is 7.12. The van der Waals surface area contributed by atoms with Crippen molar-refractivity contribution >= 4 is 11.8 Å². The molecule has 1 aromatic rings. The zero-order valence-corrected chi connectivity index (χ0v) is 14.7. The molecule has 2 fully saturated rings. The maximum Gasteiger partial charge on any atom is 0.243 e. The fraction of sp³-hybridized carbons (Fsp3) is 0.600. The van der Waals surface area contributed by atoms with Crippen molar-refractivity contribution in [2.75, 3.05) is 6.61 Å². The first kappa shape index (κ1) is 17.9. The zero-order valence-electron chi connectivity index (χ0n) is 14.7. The summed E-state index contributed by atoms with van der Waals surface area (Å²) in [6.07, 6.45) is 7.24. The summed E-state index contributed by atoms with van der Waals surface area (Å²) in [4.78, 5) is 24.8. The molecule has 0 bridgehead atoms. The molecule has 2 aliphatic rings. The van der Waals surface area contributed by atoms with Gasteiger partial charge in [0.15, 0.2) is 0 Å². The SMILES string of the molecule is O=C(CC[C@H]1CCCCO1)N[C@@H](Cc1ccccc1)C(=O)NC1CC1. The van der Waals surface area contributed by atoms with Crippen LogP contribution in [-0.2, 0) is 20.7 Å². The average Bonchev–Trinajstić information content (AvgIpc) is 3.45. The lowest BCUT2D eigenvalue weighted by molar-refractivity contribution is -0.129. The van der Waals surface area contributed by atoms with Gasteiger partial charge in [-0.3, -0.25) is 9.59 Å². The van der Waals surface area contributed by atoms with Crippen molar-refractivity contribution in [1.29, 1.82) is 0 Å². The smallest absolute Gasteiger partial charge is 0.243 e. The van der Waals surface area contributed by atoms with Crippen molar-refractivity contribution in [2.24, 2.45) is 0 Å². The van der Waals surface area contributed by atoms with Gasteiger partial charge in [0, 0.05) is 25.5 Å². The van der Waals surface area contributed by atoms with E-state index in [0.717, 1.165) is 44.3 Å². The highest BCUT2D eigenvalue weighted by Crippen LogP contribution is 2.19. The molecule has 1 heterocycles. The summed E-state index contributed by atoms with van der Waals surface area (Å²) >= 11 is 0. The van der Waals surface area contributed by atoms with Crippen molar-refractivity contribution in [3.8, 4) is 0 Å². The fourth-order valence-corrected chi connectivity index (χ4v) is 3.18. The van der Waals surface area contributed by atoms with Gasteiger partial charge in [-0.05, 0) is 44.1 Å². The summed E-state index contributed by atoms with van der Waals surface area (Å²) in [7, 11) is 0. The monoisotopic (exact) mass is 344 g/mol. The van der Waals surface area contributed by atoms with Crippen LogP contribution in [0.5, 0.6) is 0 Å². The third-order valence-electron chi connectivity index (χ3n) is 4.83. The van der Waals surface area contributed by atoms with Crippen molar-refractivity contribution < 1.29 is 14.3 Å². The molecule has 0 unspecified atom stereocenters. The van der Waals surface area contributed by atoms with E-state index in [2.05, 4.69) is 10.6 Å². The average molecular weight is 344 g/mol. The van der Waals surface area contributed by atoms with Crippen LogP contribution in [0.4, 0.5) is 0 Å². The van der Waals surface area contributed by atoms with Crippen LogP contribution < -0.4 is 10.6 Å². The highest BCUT2D eigenvalue weighted by molar-refractivity contribution is 5.88. The van der Waals surface area contributed by atoms with Crippen LogP contribution in [0.3, 0.4) is 0 Å². The Morgan fingerprint density at radius 1 is 1.12 bits per heavy atom. The van der Waals surface area contributed by atoms with Gasteiger partial charge in [0.25, 0.3) is 0 Å². The van der Waals surface area contributed by atoms with Gasteiger partial charge in [0.2, 0.25) is 11.8 Å². The predicted octanol–water partition coefficient (Wildman–Crippen LogP) is 2.34. The van der Waals surface area contributed by atoms with Crippen LogP contribution in [0, 0.1) is 0 Å². The van der Waals surface area contributed by atoms with E-state index in [1.165, 1.54) is 6.42 Å². The molecule has 5 heteroatoms. The van der Waals surface area contributed by atoms with Gasteiger partial charge in [-0.25, -0.2) is 0 Å². The Bertz CT molecular complexity index is 566. The molecule has 2 amide bonds. The number of hydrogen-bond donors (Lipinski definition) is 2. The number of amides is 2. The molecular formula is C20H28N2O3.